The molecule has 0 fully saturated rings. The Morgan fingerprint density at radius 3 is 2.68 bits per heavy atom. The molecule has 3 rings (SSSR count). The molecule has 0 radical (unpaired) electrons. The molecule has 0 bridgehead atoms. The molecule has 98 valence electrons. The first-order valence-corrected chi connectivity index (χ1v) is 6.86. The van der Waals surface area contributed by atoms with Crippen molar-refractivity contribution in [3.05, 3.63) is 41.0 Å². The highest BCUT2D eigenvalue weighted by Gasteiger charge is 2.14. The van der Waals surface area contributed by atoms with Crippen LogP contribution in [0.4, 0.5) is 0 Å². The van der Waals surface area contributed by atoms with Gasteiger partial charge < -0.3 is 10.5 Å². The Kier molecular flexibility index (Phi) is 3.00. The fourth-order valence-corrected chi connectivity index (χ4v) is 3.02. The van der Waals surface area contributed by atoms with Crippen LogP contribution in [0.1, 0.15) is 10.6 Å². The molecular formula is C14H15N3OS. The van der Waals surface area contributed by atoms with Gasteiger partial charge in [-0.05, 0) is 31.2 Å². The molecule has 2 heterocycles. The number of hydrogen-bond donors (Lipinski definition) is 1. The average Bonchev–Trinajstić information content (AvgIpc) is 2.94. The zero-order valence-corrected chi connectivity index (χ0v) is 11.7. The number of rotatable bonds is 3. The molecule has 4 nitrogen and oxygen atoms in total. The summed E-state index contributed by atoms with van der Waals surface area (Å²) in [4.78, 5) is 6.92. The molecule has 0 aliphatic heterocycles. The maximum atomic E-state index is 5.88. The van der Waals surface area contributed by atoms with Crippen LogP contribution in [0.25, 0.3) is 16.2 Å². The molecule has 2 aromatic heterocycles. The summed E-state index contributed by atoms with van der Waals surface area (Å²) in [5, 5.41) is 0. The van der Waals surface area contributed by atoms with Gasteiger partial charge in [0.1, 0.15) is 5.75 Å². The predicted octanol–water partition coefficient (Wildman–Crippen LogP) is 2.84. The van der Waals surface area contributed by atoms with E-state index in [0.717, 1.165) is 27.7 Å². The molecule has 0 spiro atoms. The Labute approximate surface area is 115 Å². The Morgan fingerprint density at radius 2 is 2.05 bits per heavy atom. The molecule has 3 aromatic rings. The minimum Gasteiger partial charge on any atom is -0.497 e. The summed E-state index contributed by atoms with van der Waals surface area (Å²) in [6, 6.07) is 7.90. The highest BCUT2D eigenvalue weighted by molar-refractivity contribution is 7.17. The zero-order chi connectivity index (χ0) is 13.4. The average molecular weight is 273 g/mol. The van der Waals surface area contributed by atoms with Crippen molar-refractivity contribution in [1.29, 1.82) is 0 Å². The second-order valence-electron chi connectivity index (χ2n) is 4.33. The van der Waals surface area contributed by atoms with Crippen LogP contribution in [0, 0.1) is 6.92 Å². The summed E-state index contributed by atoms with van der Waals surface area (Å²) < 4.78 is 7.26. The molecule has 19 heavy (non-hydrogen) atoms. The van der Waals surface area contributed by atoms with Crippen LogP contribution in [0.2, 0.25) is 0 Å². The minimum atomic E-state index is 0.471. The topological polar surface area (TPSA) is 52.5 Å². The molecule has 2 N–H and O–H groups in total. The van der Waals surface area contributed by atoms with Crippen molar-refractivity contribution < 1.29 is 4.74 Å². The maximum Gasteiger partial charge on any atom is 0.194 e. The van der Waals surface area contributed by atoms with E-state index < -0.39 is 0 Å². The number of nitrogens with zero attached hydrogens (tertiary/aromatic N) is 2. The SMILES string of the molecule is COc1ccc(-c2nc3sc(C)cn3c2CN)cc1. The van der Waals surface area contributed by atoms with Crippen molar-refractivity contribution in [1.82, 2.24) is 9.38 Å². The van der Waals surface area contributed by atoms with E-state index in [2.05, 4.69) is 17.5 Å². The Bertz CT molecular complexity index is 712. The molecular weight excluding hydrogens is 258 g/mol. The number of benzene rings is 1. The Morgan fingerprint density at radius 1 is 1.32 bits per heavy atom. The third-order valence-electron chi connectivity index (χ3n) is 3.10. The summed E-state index contributed by atoms with van der Waals surface area (Å²) in [7, 11) is 1.66. The number of aromatic nitrogens is 2. The summed E-state index contributed by atoms with van der Waals surface area (Å²) in [5.41, 5.74) is 8.95. The molecule has 1 aromatic carbocycles. The Balaban J connectivity index is 2.14. The second kappa shape index (κ2) is 4.68. The van der Waals surface area contributed by atoms with Gasteiger partial charge in [0.25, 0.3) is 0 Å². The van der Waals surface area contributed by atoms with Gasteiger partial charge >= 0.3 is 0 Å². The largest absolute Gasteiger partial charge is 0.497 e. The number of thiazole rings is 1. The number of nitrogens with two attached hydrogens (primary N) is 1. The quantitative estimate of drug-likeness (QED) is 0.798. The maximum absolute atomic E-state index is 5.88. The number of fused-ring (bicyclic) bond motifs is 1. The molecule has 0 unspecified atom stereocenters. The molecule has 0 atom stereocenters. The smallest absolute Gasteiger partial charge is 0.194 e. The van der Waals surface area contributed by atoms with E-state index in [0.29, 0.717) is 6.54 Å². The van der Waals surface area contributed by atoms with Gasteiger partial charge in [-0.1, -0.05) is 0 Å². The summed E-state index contributed by atoms with van der Waals surface area (Å²) in [6.07, 6.45) is 2.09. The van der Waals surface area contributed by atoms with E-state index in [4.69, 9.17) is 15.5 Å². The van der Waals surface area contributed by atoms with E-state index in [9.17, 15) is 0 Å². The van der Waals surface area contributed by atoms with Gasteiger partial charge in [0, 0.05) is 23.2 Å². The number of ether oxygens (including phenoxy) is 1. The number of methoxy groups -OCH3 is 1. The molecule has 0 saturated carbocycles. The zero-order valence-electron chi connectivity index (χ0n) is 10.9. The first-order chi connectivity index (χ1) is 9.22. The van der Waals surface area contributed by atoms with Crippen molar-refractivity contribution in [3.63, 3.8) is 0 Å². The van der Waals surface area contributed by atoms with Gasteiger partial charge in [0.15, 0.2) is 4.96 Å². The first-order valence-electron chi connectivity index (χ1n) is 6.05. The first kappa shape index (κ1) is 12.2. The number of imidazole rings is 1. The Hall–Kier alpha value is -1.85. The van der Waals surface area contributed by atoms with E-state index >= 15 is 0 Å². The van der Waals surface area contributed by atoms with E-state index in [-0.39, 0.29) is 0 Å². The van der Waals surface area contributed by atoms with Crippen molar-refractivity contribution in [3.8, 4) is 17.0 Å². The summed E-state index contributed by atoms with van der Waals surface area (Å²) in [6.45, 7) is 2.55. The highest BCUT2D eigenvalue weighted by atomic mass is 32.1. The molecule has 0 amide bonds. The molecule has 0 saturated heterocycles. The van der Waals surface area contributed by atoms with Crippen LogP contribution in [0.3, 0.4) is 0 Å². The lowest BCUT2D eigenvalue weighted by atomic mass is 10.1. The van der Waals surface area contributed by atoms with E-state index in [1.165, 1.54) is 4.88 Å². The van der Waals surface area contributed by atoms with E-state index in [1.54, 1.807) is 18.4 Å². The van der Waals surface area contributed by atoms with Crippen molar-refractivity contribution in [2.75, 3.05) is 7.11 Å². The highest BCUT2D eigenvalue weighted by Crippen LogP contribution is 2.29. The third kappa shape index (κ3) is 2.01. The lowest BCUT2D eigenvalue weighted by Gasteiger charge is -2.03. The van der Waals surface area contributed by atoms with Crippen LogP contribution in [0.15, 0.2) is 30.5 Å². The monoisotopic (exact) mass is 273 g/mol. The van der Waals surface area contributed by atoms with Crippen molar-refractivity contribution in [2.45, 2.75) is 13.5 Å². The molecule has 5 heteroatoms. The predicted molar refractivity (Wildman–Crippen MR) is 77.7 cm³/mol. The standard InChI is InChI=1S/C14H15N3OS/c1-9-8-17-12(7-15)13(16-14(17)19-9)10-3-5-11(18-2)6-4-10/h3-6,8H,7,15H2,1-2H3. The lowest BCUT2D eigenvalue weighted by molar-refractivity contribution is 0.415. The van der Waals surface area contributed by atoms with Crippen LogP contribution in [0.5, 0.6) is 5.75 Å². The van der Waals surface area contributed by atoms with Gasteiger partial charge in [-0.3, -0.25) is 4.40 Å². The lowest BCUT2D eigenvalue weighted by Crippen LogP contribution is -2.01. The minimum absolute atomic E-state index is 0.471. The fourth-order valence-electron chi connectivity index (χ4n) is 2.18. The number of hydrogen-bond acceptors (Lipinski definition) is 4. The van der Waals surface area contributed by atoms with Crippen LogP contribution < -0.4 is 10.5 Å². The van der Waals surface area contributed by atoms with Crippen molar-refractivity contribution >= 4 is 16.3 Å². The van der Waals surface area contributed by atoms with Crippen LogP contribution in [-0.4, -0.2) is 16.5 Å². The molecule has 0 aliphatic carbocycles. The normalized spacial score (nSPS) is 11.1. The second-order valence-corrected chi connectivity index (χ2v) is 5.55. The van der Waals surface area contributed by atoms with Crippen molar-refractivity contribution in [2.24, 2.45) is 5.73 Å². The fraction of sp³-hybridized carbons (Fsp3) is 0.214. The van der Waals surface area contributed by atoms with Gasteiger partial charge in [-0.15, -0.1) is 11.3 Å². The summed E-state index contributed by atoms with van der Waals surface area (Å²) >= 11 is 1.68. The van der Waals surface area contributed by atoms with Crippen LogP contribution >= 0.6 is 11.3 Å². The van der Waals surface area contributed by atoms with E-state index in [1.807, 2.05) is 24.3 Å². The van der Waals surface area contributed by atoms with Crippen LogP contribution in [-0.2, 0) is 6.54 Å². The van der Waals surface area contributed by atoms with Gasteiger partial charge in [-0.25, -0.2) is 4.98 Å². The molecule has 0 aliphatic rings. The third-order valence-corrected chi connectivity index (χ3v) is 4.00. The van der Waals surface area contributed by atoms with Gasteiger partial charge in [0.2, 0.25) is 0 Å². The van der Waals surface area contributed by atoms with Gasteiger partial charge in [0.05, 0.1) is 18.5 Å². The summed E-state index contributed by atoms with van der Waals surface area (Å²) in [5.74, 6) is 0.843. The van der Waals surface area contributed by atoms with Gasteiger partial charge in [-0.2, -0.15) is 0 Å². The number of aryl methyl sites for hydroxylation is 1.